The maximum atomic E-state index is 12.4. The summed E-state index contributed by atoms with van der Waals surface area (Å²) in [7, 11) is -0.675. The second-order valence-corrected chi connectivity index (χ2v) is 21.6. The van der Waals surface area contributed by atoms with Gasteiger partial charge in [-0.15, -0.1) is 11.6 Å². The molecule has 364 valence electrons. The number of nitrogens with zero attached hydrogens (tertiary/aromatic N) is 6. The lowest BCUT2D eigenvalue weighted by molar-refractivity contribution is 0.144. The van der Waals surface area contributed by atoms with Crippen molar-refractivity contribution in [2.75, 3.05) is 52.4 Å². The summed E-state index contributed by atoms with van der Waals surface area (Å²) < 4.78 is 2.83. The molecule has 4 aromatic carbocycles. The Morgan fingerprint density at radius 1 is 0.620 bits per heavy atom. The zero-order valence-electron chi connectivity index (χ0n) is 38.7. The van der Waals surface area contributed by atoms with Crippen LogP contribution < -0.4 is 10.7 Å². The van der Waals surface area contributed by atoms with Gasteiger partial charge in [0, 0.05) is 116 Å². The number of piperazine rings is 2. The molecule has 2 aliphatic carbocycles. The fraction of sp³-hybridized carbons (Fsp3) is 0.231. The molecule has 0 bridgehead atoms. The number of fused-ring (bicyclic) bond motifs is 6. The summed E-state index contributed by atoms with van der Waals surface area (Å²) in [5.41, 5.74) is 8.82. The predicted molar refractivity (Wildman–Crippen MR) is 308 cm³/mol. The Labute approximate surface area is 459 Å². The zero-order chi connectivity index (χ0) is 50.3. The molecule has 0 amide bonds. The molecule has 4 aliphatic rings. The van der Waals surface area contributed by atoms with Crippen LogP contribution in [0.4, 0.5) is 0 Å². The minimum absolute atomic E-state index is 0.0703. The van der Waals surface area contributed by atoms with Gasteiger partial charge in [-0.3, -0.25) is 24.6 Å². The van der Waals surface area contributed by atoms with Gasteiger partial charge in [-0.2, -0.15) is 0 Å². The lowest BCUT2D eigenvalue weighted by Crippen LogP contribution is -2.52. The van der Waals surface area contributed by atoms with Gasteiger partial charge in [0.1, 0.15) is 10.9 Å². The van der Waals surface area contributed by atoms with E-state index in [0.29, 0.717) is 20.9 Å². The number of rotatable bonds is 3. The first-order valence-electron chi connectivity index (χ1n) is 23.0. The molecule has 11 rings (SSSR count). The molecule has 2 aliphatic heterocycles. The fourth-order valence-corrected chi connectivity index (χ4v) is 11.6. The normalized spacial score (nSPS) is 17.6. The van der Waals surface area contributed by atoms with Crippen LogP contribution in [0.25, 0.3) is 42.8 Å². The monoisotopic (exact) mass is 1220 g/mol. The molecular formula is C52H48B2Br3Cl4N7O3. The van der Waals surface area contributed by atoms with E-state index in [1.165, 1.54) is 5.56 Å². The summed E-state index contributed by atoms with van der Waals surface area (Å²) in [5, 5.41) is 26.1. The number of halogens is 7. The van der Waals surface area contributed by atoms with Crippen LogP contribution in [-0.2, 0) is 0 Å². The van der Waals surface area contributed by atoms with Gasteiger partial charge in [0.05, 0.1) is 17.4 Å². The second-order valence-electron chi connectivity index (χ2n) is 17.2. The van der Waals surface area contributed by atoms with E-state index in [1.807, 2.05) is 92.6 Å². The number of hydrogen-bond acceptors (Lipinski definition) is 10. The molecule has 2 saturated heterocycles. The summed E-state index contributed by atoms with van der Waals surface area (Å²) in [6.07, 6.45) is 9.40. The average molecular weight is 1220 g/mol. The van der Waals surface area contributed by atoms with E-state index in [0.717, 1.165) is 121 Å². The van der Waals surface area contributed by atoms with E-state index in [1.54, 1.807) is 30.6 Å². The maximum Gasteiger partial charge on any atom is 0.376 e. The molecule has 5 heterocycles. The van der Waals surface area contributed by atoms with Crippen molar-refractivity contribution in [2.24, 2.45) is 0 Å². The third-order valence-corrected chi connectivity index (χ3v) is 15.8. The fourth-order valence-electron chi connectivity index (χ4n) is 8.97. The first-order chi connectivity index (χ1) is 34.2. The molecular weight excluding hydrogens is 1170 g/mol. The molecule has 71 heavy (non-hydrogen) atoms. The molecule has 10 nitrogen and oxygen atoms in total. The lowest BCUT2D eigenvalue weighted by Gasteiger charge is -2.40. The van der Waals surface area contributed by atoms with Gasteiger partial charge >= 0.3 is 14.1 Å². The Balaban J connectivity index is 0.000000134. The smallest absolute Gasteiger partial charge is 0.376 e. The highest BCUT2D eigenvalue weighted by Crippen LogP contribution is 2.43. The third kappa shape index (κ3) is 12.9. The molecule has 3 N–H and O–H groups in total. The van der Waals surface area contributed by atoms with Crippen LogP contribution >= 0.6 is 94.2 Å². The highest BCUT2D eigenvalue weighted by Gasteiger charge is 2.33. The van der Waals surface area contributed by atoms with Crippen molar-refractivity contribution in [3.63, 3.8) is 0 Å². The summed E-state index contributed by atoms with van der Waals surface area (Å²) in [6.45, 7) is 11.0. The summed E-state index contributed by atoms with van der Waals surface area (Å²) in [5.74, 6) is 0. The number of pyridine rings is 3. The van der Waals surface area contributed by atoms with Gasteiger partial charge in [-0.1, -0.05) is 113 Å². The molecule has 2 unspecified atom stereocenters. The number of nitrogens with one attached hydrogen (secondary N) is 1. The highest BCUT2D eigenvalue weighted by atomic mass is 79.9. The number of aromatic nitrogens is 3. The summed E-state index contributed by atoms with van der Waals surface area (Å²) in [4.78, 5) is 32.3. The molecule has 2 fully saturated rings. The Hall–Kier alpha value is -3.51. The van der Waals surface area contributed by atoms with Crippen molar-refractivity contribution in [1.29, 1.82) is 0 Å². The van der Waals surface area contributed by atoms with Gasteiger partial charge in [-0.05, 0) is 126 Å². The first-order valence-corrected chi connectivity index (χ1v) is 27.0. The quantitative estimate of drug-likeness (QED) is 0.117. The minimum Gasteiger partial charge on any atom is -0.437 e. The molecule has 19 heteroatoms. The van der Waals surface area contributed by atoms with E-state index in [4.69, 9.17) is 56.4 Å². The number of hydrogen-bond donors (Lipinski definition) is 3. The van der Waals surface area contributed by atoms with Gasteiger partial charge < -0.3 is 25.0 Å². The SMILES string of the molecule is CB(O)N1CCN(C2c3ccc(Cl)cc3C(Br)=Cc3cccnc32)CC1.CB(O)N1CCNCC1.Clc1ccc2c(c1)C(Br)=Cc1cccnc1C2Cl.O=c1c2ccc(Cl)cc2c(Br)cc2cccnc12. The largest absolute Gasteiger partial charge is 0.437 e. The van der Waals surface area contributed by atoms with Crippen molar-refractivity contribution < 1.29 is 10.0 Å². The topological polar surface area (TPSA) is 118 Å². The standard InChI is InChI=1S/C19H20BBrClN3O.C14H8BrCl2N.C14H7BrClNO.C5H13BN2O/c1-20(26)25-9-7-24(8-10-25)19-15-5-4-14(22)12-16(15)17(21)11-13-3-2-6-23-18(13)19;15-12-6-8-2-1-5-18-14(8)13(17)10-4-3-9(16)7-11(10)12;15-12-6-8-2-1-5-17-13(8)14(18)10-4-3-9(16)7-11(10)12;1-6(9)8-4-2-7-3-5-8/h2-6,11-12,19,26H,7-10H2,1H3;1-7,13H;1-7H;7,9H,2-5H2,1H3. The lowest BCUT2D eigenvalue weighted by atomic mass is 9.84. The van der Waals surface area contributed by atoms with E-state index in [9.17, 15) is 9.82 Å². The molecule has 3 aromatic heterocycles. The van der Waals surface area contributed by atoms with Gasteiger partial charge in [0.25, 0.3) is 0 Å². The Morgan fingerprint density at radius 2 is 1.14 bits per heavy atom. The van der Waals surface area contributed by atoms with Crippen molar-refractivity contribution in [2.45, 2.75) is 25.1 Å². The molecule has 0 spiro atoms. The van der Waals surface area contributed by atoms with Crippen molar-refractivity contribution in [3.8, 4) is 0 Å². The number of alkyl halides is 1. The zero-order valence-corrected chi connectivity index (χ0v) is 46.5. The van der Waals surface area contributed by atoms with E-state index in [-0.39, 0.29) is 23.9 Å². The van der Waals surface area contributed by atoms with Crippen LogP contribution in [0.5, 0.6) is 0 Å². The summed E-state index contributed by atoms with van der Waals surface area (Å²) >= 11 is 35.7. The molecule has 7 aromatic rings. The highest BCUT2D eigenvalue weighted by molar-refractivity contribution is 9.15. The third-order valence-electron chi connectivity index (χ3n) is 12.7. The van der Waals surface area contributed by atoms with Crippen LogP contribution in [0.2, 0.25) is 28.7 Å². The van der Waals surface area contributed by atoms with E-state index < -0.39 is 7.05 Å². The number of benzene rings is 3. The molecule has 2 atom stereocenters. The van der Waals surface area contributed by atoms with Crippen LogP contribution in [0.1, 0.15) is 56.2 Å². The van der Waals surface area contributed by atoms with Crippen molar-refractivity contribution in [1.82, 2.24) is 34.8 Å². The van der Waals surface area contributed by atoms with Crippen LogP contribution in [-0.4, -0.2) is 106 Å². The van der Waals surface area contributed by atoms with Crippen LogP contribution in [0.15, 0.2) is 125 Å². The second kappa shape index (κ2) is 24.7. The van der Waals surface area contributed by atoms with Crippen LogP contribution in [0, 0.1) is 0 Å². The first kappa shape index (κ1) is 53.8. The molecule has 0 saturated carbocycles. The average Bonchev–Trinajstić information content (AvgIpc) is 3.62. The van der Waals surface area contributed by atoms with E-state index >= 15 is 0 Å². The molecule has 0 radical (unpaired) electrons. The van der Waals surface area contributed by atoms with Crippen molar-refractivity contribution in [3.05, 3.63) is 190 Å². The van der Waals surface area contributed by atoms with Gasteiger partial charge in [-0.25, -0.2) is 0 Å². The van der Waals surface area contributed by atoms with E-state index in [2.05, 4.69) is 95.8 Å². The summed E-state index contributed by atoms with van der Waals surface area (Å²) in [6, 6.07) is 30.7. The van der Waals surface area contributed by atoms with Gasteiger partial charge in [0.15, 0.2) is 0 Å². The Bertz CT molecular complexity index is 3180. The van der Waals surface area contributed by atoms with Crippen molar-refractivity contribution >= 4 is 151 Å². The predicted octanol–water partition coefficient (Wildman–Crippen LogP) is 12.2. The maximum absolute atomic E-state index is 12.4. The Morgan fingerprint density at radius 3 is 1.76 bits per heavy atom. The Kier molecular flexibility index (Phi) is 18.7. The van der Waals surface area contributed by atoms with Crippen LogP contribution in [0.3, 0.4) is 0 Å². The minimum atomic E-state index is -0.404. The van der Waals surface area contributed by atoms with Gasteiger partial charge in [0.2, 0.25) is 5.43 Å².